The Labute approximate surface area is 87.0 Å². The average Bonchev–Trinajstić information content (AvgIpc) is 2.14. The molecule has 0 saturated carbocycles. The molecule has 3 nitrogen and oxygen atoms in total. The summed E-state index contributed by atoms with van der Waals surface area (Å²) in [6.45, 7) is 8.18. The van der Waals surface area contributed by atoms with Crippen molar-refractivity contribution in [2.75, 3.05) is 6.54 Å². The molecule has 0 heterocycles. The molecular weight excluding hydrogens is 178 g/mol. The highest BCUT2D eigenvalue weighted by molar-refractivity contribution is 4.76. The lowest BCUT2D eigenvalue weighted by Crippen LogP contribution is -2.43. The van der Waals surface area contributed by atoms with Crippen LogP contribution in [0, 0.1) is 0 Å². The van der Waals surface area contributed by atoms with E-state index in [1.165, 1.54) is 0 Å². The summed E-state index contributed by atoms with van der Waals surface area (Å²) in [5, 5.41) is 19.5. The molecule has 0 bridgehead atoms. The second-order valence-corrected chi connectivity index (χ2v) is 3.52. The molecule has 0 aliphatic carbocycles. The summed E-state index contributed by atoms with van der Waals surface area (Å²) in [4.78, 5) is 1.68. The van der Waals surface area contributed by atoms with Gasteiger partial charge in [-0.2, -0.15) is 0 Å². The second kappa shape index (κ2) is 7.97. The quantitative estimate of drug-likeness (QED) is 0.464. The van der Waals surface area contributed by atoms with E-state index < -0.39 is 12.5 Å². The Kier molecular flexibility index (Phi) is 7.76. The van der Waals surface area contributed by atoms with Crippen molar-refractivity contribution >= 4 is 0 Å². The van der Waals surface area contributed by atoms with Gasteiger partial charge in [0, 0.05) is 6.54 Å². The fraction of sp³-hybridized carbons (Fsp3) is 0.818. The molecule has 14 heavy (non-hydrogen) atoms. The smallest absolute Gasteiger partial charge is 0.109 e. The first kappa shape index (κ1) is 13.6. The van der Waals surface area contributed by atoms with Gasteiger partial charge in [0.1, 0.15) is 12.5 Å². The molecular formula is C11H23NO2. The van der Waals surface area contributed by atoms with E-state index in [9.17, 15) is 10.2 Å². The molecule has 0 fully saturated rings. The molecule has 0 rings (SSSR count). The van der Waals surface area contributed by atoms with Gasteiger partial charge in [0.2, 0.25) is 0 Å². The van der Waals surface area contributed by atoms with Gasteiger partial charge in [0.15, 0.2) is 0 Å². The molecule has 0 aromatic heterocycles. The minimum Gasteiger partial charge on any atom is -0.378 e. The van der Waals surface area contributed by atoms with Crippen molar-refractivity contribution in [1.29, 1.82) is 0 Å². The monoisotopic (exact) mass is 201 g/mol. The Hall–Kier alpha value is -0.380. The second-order valence-electron chi connectivity index (χ2n) is 3.52. The third-order valence-corrected chi connectivity index (χ3v) is 2.20. The molecule has 84 valence electrons. The van der Waals surface area contributed by atoms with Crippen LogP contribution in [0.4, 0.5) is 0 Å². The Bertz CT molecular complexity index is 138. The van der Waals surface area contributed by atoms with Crippen LogP contribution in [-0.2, 0) is 0 Å². The summed E-state index contributed by atoms with van der Waals surface area (Å²) >= 11 is 0. The number of nitrogens with zero attached hydrogens (tertiary/aromatic N) is 1. The van der Waals surface area contributed by atoms with Gasteiger partial charge in [0.05, 0.1) is 0 Å². The van der Waals surface area contributed by atoms with Gasteiger partial charge in [-0.3, -0.25) is 0 Å². The minimum absolute atomic E-state index is 0.530. The van der Waals surface area contributed by atoms with E-state index in [2.05, 4.69) is 6.58 Å². The van der Waals surface area contributed by atoms with Gasteiger partial charge < -0.3 is 10.2 Å². The van der Waals surface area contributed by atoms with Gasteiger partial charge in [-0.15, -0.1) is 6.58 Å². The Morgan fingerprint density at radius 2 is 1.57 bits per heavy atom. The van der Waals surface area contributed by atoms with Crippen LogP contribution in [0.1, 0.15) is 39.5 Å². The van der Waals surface area contributed by atoms with E-state index >= 15 is 0 Å². The maximum atomic E-state index is 9.76. The van der Waals surface area contributed by atoms with Crippen molar-refractivity contribution in [3.63, 3.8) is 0 Å². The fourth-order valence-corrected chi connectivity index (χ4v) is 1.44. The largest absolute Gasteiger partial charge is 0.378 e. The van der Waals surface area contributed by atoms with Gasteiger partial charge in [-0.1, -0.05) is 32.8 Å². The van der Waals surface area contributed by atoms with Gasteiger partial charge in [0.25, 0.3) is 0 Å². The lowest BCUT2D eigenvalue weighted by Gasteiger charge is -2.31. The van der Waals surface area contributed by atoms with Crippen molar-refractivity contribution in [3.8, 4) is 0 Å². The van der Waals surface area contributed by atoms with E-state index in [0.29, 0.717) is 19.4 Å². The predicted octanol–water partition coefficient (Wildman–Crippen LogP) is 1.71. The standard InChI is InChI=1S/C11H23NO2/c1-4-7-10(13)12(9-6-3)11(14)8-5-2/h6,10-11,13-14H,3-5,7-9H2,1-2H3. The summed E-state index contributed by atoms with van der Waals surface area (Å²) in [5.41, 5.74) is 0. The maximum absolute atomic E-state index is 9.76. The van der Waals surface area contributed by atoms with E-state index in [1.807, 2.05) is 13.8 Å². The minimum atomic E-state index is -0.556. The van der Waals surface area contributed by atoms with Crippen LogP contribution in [0.25, 0.3) is 0 Å². The molecule has 3 heteroatoms. The van der Waals surface area contributed by atoms with Crippen LogP contribution in [-0.4, -0.2) is 34.1 Å². The van der Waals surface area contributed by atoms with Crippen molar-refractivity contribution in [1.82, 2.24) is 4.90 Å². The molecule has 0 radical (unpaired) electrons. The zero-order chi connectivity index (χ0) is 11.0. The van der Waals surface area contributed by atoms with E-state index in [1.54, 1.807) is 11.0 Å². The molecule has 0 amide bonds. The van der Waals surface area contributed by atoms with Crippen LogP contribution < -0.4 is 0 Å². The van der Waals surface area contributed by atoms with Crippen molar-refractivity contribution in [2.24, 2.45) is 0 Å². The number of hydrogen-bond acceptors (Lipinski definition) is 3. The average molecular weight is 201 g/mol. The van der Waals surface area contributed by atoms with Crippen LogP contribution in [0.2, 0.25) is 0 Å². The highest BCUT2D eigenvalue weighted by Gasteiger charge is 2.20. The lowest BCUT2D eigenvalue weighted by atomic mass is 10.2. The van der Waals surface area contributed by atoms with E-state index in [-0.39, 0.29) is 0 Å². The van der Waals surface area contributed by atoms with E-state index in [4.69, 9.17) is 0 Å². The summed E-state index contributed by atoms with van der Waals surface area (Å²) < 4.78 is 0. The summed E-state index contributed by atoms with van der Waals surface area (Å²) in [7, 11) is 0. The van der Waals surface area contributed by atoms with Gasteiger partial charge >= 0.3 is 0 Å². The molecule has 0 aliphatic heterocycles. The molecule has 0 aromatic carbocycles. The molecule has 0 aliphatic rings. The molecule has 2 atom stereocenters. The molecule has 2 unspecified atom stereocenters. The first-order valence-electron chi connectivity index (χ1n) is 5.40. The zero-order valence-electron chi connectivity index (χ0n) is 9.32. The number of aliphatic hydroxyl groups excluding tert-OH is 2. The normalized spacial score (nSPS) is 15.5. The summed E-state index contributed by atoms with van der Waals surface area (Å²) in [6.07, 6.45) is 3.79. The molecule has 0 saturated heterocycles. The third kappa shape index (κ3) is 4.74. The Morgan fingerprint density at radius 1 is 1.14 bits per heavy atom. The predicted molar refractivity (Wildman–Crippen MR) is 58.7 cm³/mol. The van der Waals surface area contributed by atoms with Crippen molar-refractivity contribution < 1.29 is 10.2 Å². The highest BCUT2D eigenvalue weighted by Crippen LogP contribution is 2.11. The van der Waals surface area contributed by atoms with Gasteiger partial charge in [-0.25, -0.2) is 4.90 Å². The molecule has 2 N–H and O–H groups in total. The molecule has 0 aromatic rings. The Morgan fingerprint density at radius 3 is 1.86 bits per heavy atom. The van der Waals surface area contributed by atoms with Crippen LogP contribution >= 0.6 is 0 Å². The topological polar surface area (TPSA) is 43.7 Å². The van der Waals surface area contributed by atoms with Gasteiger partial charge in [-0.05, 0) is 12.8 Å². The third-order valence-electron chi connectivity index (χ3n) is 2.20. The number of hydrogen-bond donors (Lipinski definition) is 2. The lowest BCUT2D eigenvalue weighted by molar-refractivity contribution is -0.101. The fourth-order valence-electron chi connectivity index (χ4n) is 1.44. The number of rotatable bonds is 8. The van der Waals surface area contributed by atoms with Crippen LogP contribution in [0.15, 0.2) is 12.7 Å². The summed E-state index contributed by atoms with van der Waals surface area (Å²) in [6, 6.07) is 0. The summed E-state index contributed by atoms with van der Waals surface area (Å²) in [5.74, 6) is 0. The highest BCUT2D eigenvalue weighted by atomic mass is 16.3. The Balaban J connectivity index is 4.16. The van der Waals surface area contributed by atoms with Crippen LogP contribution in [0.3, 0.4) is 0 Å². The van der Waals surface area contributed by atoms with Crippen LogP contribution in [0.5, 0.6) is 0 Å². The zero-order valence-corrected chi connectivity index (χ0v) is 9.32. The SMILES string of the molecule is C=CCN(C(O)CCC)C(O)CCC. The number of aliphatic hydroxyl groups is 2. The molecule has 0 spiro atoms. The van der Waals surface area contributed by atoms with E-state index in [0.717, 1.165) is 12.8 Å². The first-order valence-corrected chi connectivity index (χ1v) is 5.40. The first-order chi connectivity index (χ1) is 6.67. The van der Waals surface area contributed by atoms with Crippen molar-refractivity contribution in [2.45, 2.75) is 52.0 Å². The maximum Gasteiger partial charge on any atom is 0.109 e. The van der Waals surface area contributed by atoms with Crippen molar-refractivity contribution in [3.05, 3.63) is 12.7 Å².